The van der Waals surface area contributed by atoms with Crippen molar-refractivity contribution in [1.29, 1.82) is 0 Å². The fourth-order valence-corrected chi connectivity index (χ4v) is 1.89. The van der Waals surface area contributed by atoms with Gasteiger partial charge in [0.05, 0.1) is 6.61 Å². The van der Waals surface area contributed by atoms with Gasteiger partial charge in [-0.15, -0.1) is 0 Å². The number of benzene rings is 1. The first kappa shape index (κ1) is 10.3. The standard InChI is InChI=1S/C12H17NO2/c13-8-12(5-2-6-12)9-15-11-4-1-3-10(14)7-11/h1,3-4,7,14H,2,5-6,8-9,13H2. The van der Waals surface area contributed by atoms with Gasteiger partial charge < -0.3 is 15.6 Å². The largest absolute Gasteiger partial charge is 0.508 e. The molecule has 0 unspecified atom stereocenters. The molecule has 0 saturated heterocycles. The Hall–Kier alpha value is -1.22. The summed E-state index contributed by atoms with van der Waals surface area (Å²) in [6.07, 6.45) is 3.56. The summed E-state index contributed by atoms with van der Waals surface area (Å²) >= 11 is 0. The topological polar surface area (TPSA) is 55.5 Å². The molecule has 3 nitrogen and oxygen atoms in total. The molecule has 0 bridgehead atoms. The van der Waals surface area contributed by atoms with Gasteiger partial charge in [-0.3, -0.25) is 0 Å². The first-order valence-electron chi connectivity index (χ1n) is 5.36. The zero-order chi connectivity index (χ0) is 10.7. The minimum Gasteiger partial charge on any atom is -0.508 e. The van der Waals surface area contributed by atoms with E-state index < -0.39 is 0 Å². The second-order valence-electron chi connectivity index (χ2n) is 4.34. The molecule has 1 aliphatic carbocycles. The van der Waals surface area contributed by atoms with Gasteiger partial charge in [-0.05, 0) is 25.0 Å². The molecule has 0 aliphatic heterocycles. The van der Waals surface area contributed by atoms with E-state index in [4.69, 9.17) is 10.5 Å². The van der Waals surface area contributed by atoms with E-state index in [0.717, 1.165) is 18.6 Å². The van der Waals surface area contributed by atoms with Crippen LogP contribution >= 0.6 is 0 Å². The minimum atomic E-state index is 0.186. The summed E-state index contributed by atoms with van der Waals surface area (Å²) in [5.41, 5.74) is 5.92. The predicted octanol–water partition coefficient (Wildman–Crippen LogP) is 1.90. The third-order valence-corrected chi connectivity index (χ3v) is 3.21. The summed E-state index contributed by atoms with van der Waals surface area (Å²) < 4.78 is 5.64. The second-order valence-corrected chi connectivity index (χ2v) is 4.34. The molecule has 1 fully saturated rings. The van der Waals surface area contributed by atoms with Gasteiger partial charge in [0.25, 0.3) is 0 Å². The van der Waals surface area contributed by atoms with Crippen LogP contribution in [0.4, 0.5) is 0 Å². The van der Waals surface area contributed by atoms with Crippen molar-refractivity contribution in [2.45, 2.75) is 19.3 Å². The highest BCUT2D eigenvalue weighted by atomic mass is 16.5. The van der Waals surface area contributed by atoms with Crippen LogP contribution in [0, 0.1) is 5.41 Å². The third-order valence-electron chi connectivity index (χ3n) is 3.21. The van der Waals surface area contributed by atoms with Gasteiger partial charge in [0, 0.05) is 18.0 Å². The van der Waals surface area contributed by atoms with Crippen molar-refractivity contribution in [2.24, 2.45) is 11.1 Å². The van der Waals surface area contributed by atoms with E-state index in [1.165, 1.54) is 6.42 Å². The van der Waals surface area contributed by atoms with Crippen molar-refractivity contribution in [3.63, 3.8) is 0 Å². The molecule has 1 aromatic carbocycles. The van der Waals surface area contributed by atoms with E-state index in [1.54, 1.807) is 18.2 Å². The highest BCUT2D eigenvalue weighted by molar-refractivity contribution is 5.31. The normalized spacial score (nSPS) is 18.2. The van der Waals surface area contributed by atoms with Crippen molar-refractivity contribution < 1.29 is 9.84 Å². The number of nitrogens with two attached hydrogens (primary N) is 1. The Morgan fingerprint density at radius 3 is 2.73 bits per heavy atom. The van der Waals surface area contributed by atoms with Crippen LogP contribution in [0.3, 0.4) is 0 Å². The minimum absolute atomic E-state index is 0.186. The zero-order valence-electron chi connectivity index (χ0n) is 8.78. The maximum atomic E-state index is 9.27. The quantitative estimate of drug-likeness (QED) is 0.792. The molecule has 1 aliphatic rings. The molecule has 2 rings (SSSR count). The van der Waals surface area contributed by atoms with Gasteiger partial charge >= 0.3 is 0 Å². The summed E-state index contributed by atoms with van der Waals surface area (Å²) in [6.45, 7) is 1.35. The van der Waals surface area contributed by atoms with Crippen molar-refractivity contribution in [3.05, 3.63) is 24.3 Å². The Balaban J connectivity index is 1.92. The molecule has 0 spiro atoms. The van der Waals surface area contributed by atoms with Crippen molar-refractivity contribution in [1.82, 2.24) is 0 Å². The predicted molar refractivity (Wildman–Crippen MR) is 58.9 cm³/mol. The summed E-state index contributed by atoms with van der Waals surface area (Å²) in [7, 11) is 0. The van der Waals surface area contributed by atoms with Crippen LogP contribution in [-0.4, -0.2) is 18.3 Å². The molecule has 0 aromatic heterocycles. The Labute approximate surface area is 89.9 Å². The smallest absolute Gasteiger partial charge is 0.123 e. The van der Waals surface area contributed by atoms with Gasteiger partial charge in [0.1, 0.15) is 11.5 Å². The van der Waals surface area contributed by atoms with Gasteiger partial charge in [-0.25, -0.2) is 0 Å². The summed E-state index contributed by atoms with van der Waals surface area (Å²) in [5, 5.41) is 9.27. The number of phenolic OH excluding ortho intramolecular Hbond substituents is 1. The molecule has 3 heteroatoms. The molecule has 0 amide bonds. The Morgan fingerprint density at radius 2 is 2.20 bits per heavy atom. The average Bonchev–Trinajstić information content (AvgIpc) is 2.17. The van der Waals surface area contributed by atoms with E-state index in [2.05, 4.69) is 0 Å². The second kappa shape index (κ2) is 4.11. The number of hydrogen-bond donors (Lipinski definition) is 2. The highest BCUT2D eigenvalue weighted by Crippen LogP contribution is 2.40. The lowest BCUT2D eigenvalue weighted by atomic mass is 9.69. The van der Waals surface area contributed by atoms with Gasteiger partial charge in [-0.1, -0.05) is 12.5 Å². The fraction of sp³-hybridized carbons (Fsp3) is 0.500. The SMILES string of the molecule is NCC1(COc2cccc(O)c2)CCC1. The molecule has 3 N–H and O–H groups in total. The maximum absolute atomic E-state index is 9.27. The van der Waals surface area contributed by atoms with Crippen molar-refractivity contribution >= 4 is 0 Å². The third kappa shape index (κ3) is 2.23. The van der Waals surface area contributed by atoms with E-state index >= 15 is 0 Å². The molecular weight excluding hydrogens is 190 g/mol. The summed E-state index contributed by atoms with van der Waals surface area (Å²) in [4.78, 5) is 0. The maximum Gasteiger partial charge on any atom is 0.123 e. The number of aromatic hydroxyl groups is 1. The van der Waals surface area contributed by atoms with Crippen LogP contribution < -0.4 is 10.5 Å². The van der Waals surface area contributed by atoms with Crippen LogP contribution in [0.15, 0.2) is 24.3 Å². The summed E-state index contributed by atoms with van der Waals surface area (Å²) in [6, 6.07) is 6.89. The van der Waals surface area contributed by atoms with Crippen LogP contribution in [-0.2, 0) is 0 Å². The number of rotatable bonds is 4. The van der Waals surface area contributed by atoms with E-state index in [9.17, 15) is 5.11 Å². The number of hydrogen-bond acceptors (Lipinski definition) is 3. The van der Waals surface area contributed by atoms with Crippen LogP contribution in [0.2, 0.25) is 0 Å². The molecule has 1 aromatic rings. The average molecular weight is 207 g/mol. The van der Waals surface area contributed by atoms with Crippen molar-refractivity contribution in [2.75, 3.05) is 13.2 Å². The molecule has 1 saturated carbocycles. The van der Waals surface area contributed by atoms with E-state index in [0.29, 0.717) is 13.2 Å². The zero-order valence-corrected chi connectivity index (χ0v) is 8.78. The molecule has 0 heterocycles. The summed E-state index contributed by atoms with van der Waals surface area (Å²) in [5.74, 6) is 0.956. The van der Waals surface area contributed by atoms with E-state index in [-0.39, 0.29) is 11.2 Å². The molecule has 15 heavy (non-hydrogen) atoms. The Morgan fingerprint density at radius 1 is 1.40 bits per heavy atom. The number of ether oxygens (including phenoxy) is 1. The van der Waals surface area contributed by atoms with E-state index in [1.807, 2.05) is 6.07 Å². The molecule has 0 atom stereocenters. The van der Waals surface area contributed by atoms with Gasteiger partial charge in [0.2, 0.25) is 0 Å². The highest BCUT2D eigenvalue weighted by Gasteiger charge is 2.36. The van der Waals surface area contributed by atoms with Crippen LogP contribution in [0.1, 0.15) is 19.3 Å². The van der Waals surface area contributed by atoms with Crippen molar-refractivity contribution in [3.8, 4) is 11.5 Å². The molecular formula is C12H17NO2. The monoisotopic (exact) mass is 207 g/mol. The fourth-order valence-electron chi connectivity index (χ4n) is 1.89. The first-order chi connectivity index (χ1) is 7.24. The van der Waals surface area contributed by atoms with Gasteiger partial charge in [-0.2, -0.15) is 0 Å². The Kier molecular flexibility index (Phi) is 2.82. The Bertz CT molecular complexity index is 329. The molecule has 82 valence electrons. The lowest BCUT2D eigenvalue weighted by Crippen LogP contribution is -2.42. The lowest BCUT2D eigenvalue weighted by molar-refractivity contribution is 0.0666. The van der Waals surface area contributed by atoms with Crippen LogP contribution in [0.5, 0.6) is 11.5 Å². The van der Waals surface area contributed by atoms with Gasteiger partial charge in [0.15, 0.2) is 0 Å². The first-order valence-corrected chi connectivity index (χ1v) is 5.36. The lowest BCUT2D eigenvalue weighted by Gasteiger charge is -2.40. The molecule has 0 radical (unpaired) electrons. The number of phenols is 1. The van der Waals surface area contributed by atoms with Crippen LogP contribution in [0.25, 0.3) is 0 Å².